The van der Waals surface area contributed by atoms with Crippen LogP contribution in [0.4, 0.5) is 0 Å². The summed E-state index contributed by atoms with van der Waals surface area (Å²) in [6.45, 7) is 3.89. The molecule has 5 nitrogen and oxygen atoms in total. The van der Waals surface area contributed by atoms with E-state index in [0.29, 0.717) is 0 Å². The van der Waals surface area contributed by atoms with Crippen molar-refractivity contribution in [2.24, 2.45) is 0 Å². The molecule has 0 aliphatic heterocycles. The lowest BCUT2D eigenvalue weighted by molar-refractivity contribution is -0.150. The Morgan fingerprint density at radius 3 is 2.11 bits per heavy atom. The van der Waals surface area contributed by atoms with Crippen LogP contribution in [0.1, 0.15) is 36.8 Å². The van der Waals surface area contributed by atoms with E-state index in [1.165, 1.54) is 7.11 Å². The molecule has 2 N–H and O–H groups in total. The summed E-state index contributed by atoms with van der Waals surface area (Å²) in [5, 5.41) is 18.0. The van der Waals surface area contributed by atoms with Crippen molar-refractivity contribution >= 4 is 11.9 Å². The molecule has 1 aromatic carbocycles. The molecule has 0 amide bonds. The highest BCUT2D eigenvalue weighted by molar-refractivity contribution is 5.99. The van der Waals surface area contributed by atoms with Crippen LogP contribution < -0.4 is 4.74 Å². The van der Waals surface area contributed by atoms with Crippen molar-refractivity contribution in [2.45, 2.75) is 25.7 Å². The average Bonchev–Trinajstić information content (AvgIpc) is 2.27. The number of aliphatic carboxylic acids is 2. The Morgan fingerprint density at radius 2 is 1.72 bits per heavy atom. The molecule has 0 spiro atoms. The van der Waals surface area contributed by atoms with Crippen LogP contribution in [0.25, 0.3) is 0 Å². The van der Waals surface area contributed by atoms with E-state index in [2.05, 4.69) is 0 Å². The second-order valence-electron chi connectivity index (χ2n) is 4.27. The second kappa shape index (κ2) is 5.53. The van der Waals surface area contributed by atoms with Gasteiger partial charge in [-0.1, -0.05) is 26.0 Å². The zero-order valence-electron chi connectivity index (χ0n) is 10.5. The van der Waals surface area contributed by atoms with Crippen LogP contribution in [0.3, 0.4) is 0 Å². The molecule has 0 bridgehead atoms. The monoisotopic (exact) mass is 252 g/mol. The standard InChI is InChI=1S/C13H16O5/c1-7(2)8-4-5-10(18-3)9(6-8)11(12(14)15)13(16)17/h4-7,11H,1-3H3,(H,14,15)(H,16,17). The van der Waals surface area contributed by atoms with E-state index in [0.717, 1.165) is 5.56 Å². The first kappa shape index (κ1) is 14.0. The lowest BCUT2D eigenvalue weighted by Gasteiger charge is -2.15. The fourth-order valence-corrected chi connectivity index (χ4v) is 1.71. The van der Waals surface area contributed by atoms with Crippen molar-refractivity contribution in [3.63, 3.8) is 0 Å². The predicted molar refractivity (Wildman–Crippen MR) is 65.1 cm³/mol. The summed E-state index contributed by atoms with van der Waals surface area (Å²) in [6.07, 6.45) is 0. The van der Waals surface area contributed by atoms with Crippen molar-refractivity contribution in [3.8, 4) is 5.75 Å². The fraction of sp³-hybridized carbons (Fsp3) is 0.385. The average molecular weight is 252 g/mol. The summed E-state index contributed by atoms with van der Waals surface area (Å²) < 4.78 is 5.03. The summed E-state index contributed by atoms with van der Waals surface area (Å²) in [7, 11) is 1.38. The molecular weight excluding hydrogens is 236 g/mol. The molecule has 0 saturated heterocycles. The largest absolute Gasteiger partial charge is 0.496 e. The first-order valence-corrected chi connectivity index (χ1v) is 5.52. The van der Waals surface area contributed by atoms with Gasteiger partial charge in [0.15, 0.2) is 5.92 Å². The summed E-state index contributed by atoms with van der Waals surface area (Å²) in [5.41, 5.74) is 1.04. The highest BCUT2D eigenvalue weighted by atomic mass is 16.5. The molecule has 5 heteroatoms. The van der Waals surface area contributed by atoms with Crippen LogP contribution in [0.2, 0.25) is 0 Å². The highest BCUT2D eigenvalue weighted by Crippen LogP contribution is 2.30. The van der Waals surface area contributed by atoms with E-state index in [1.807, 2.05) is 13.8 Å². The molecule has 1 rings (SSSR count). The molecule has 98 valence electrons. The molecule has 0 saturated carbocycles. The molecule has 0 aromatic heterocycles. The van der Waals surface area contributed by atoms with Crippen LogP contribution in [0, 0.1) is 0 Å². The number of methoxy groups -OCH3 is 1. The highest BCUT2D eigenvalue weighted by Gasteiger charge is 2.31. The number of benzene rings is 1. The number of carboxylic acids is 2. The molecule has 0 atom stereocenters. The third kappa shape index (κ3) is 2.80. The lowest BCUT2D eigenvalue weighted by Crippen LogP contribution is -2.22. The van der Waals surface area contributed by atoms with Gasteiger partial charge in [-0.3, -0.25) is 9.59 Å². The summed E-state index contributed by atoms with van der Waals surface area (Å²) >= 11 is 0. The Kier molecular flexibility index (Phi) is 4.31. The molecule has 0 aliphatic rings. The third-order valence-electron chi connectivity index (χ3n) is 2.73. The summed E-state index contributed by atoms with van der Waals surface area (Å²) in [6, 6.07) is 4.98. The number of hydrogen-bond donors (Lipinski definition) is 2. The van der Waals surface area contributed by atoms with Gasteiger partial charge in [-0.25, -0.2) is 0 Å². The molecule has 0 aliphatic carbocycles. The maximum absolute atomic E-state index is 11.1. The Hall–Kier alpha value is -2.04. The van der Waals surface area contributed by atoms with Gasteiger partial charge in [0, 0.05) is 5.56 Å². The van der Waals surface area contributed by atoms with Gasteiger partial charge in [0.25, 0.3) is 0 Å². The van der Waals surface area contributed by atoms with Gasteiger partial charge in [0.1, 0.15) is 5.75 Å². The first-order chi connectivity index (χ1) is 8.38. The van der Waals surface area contributed by atoms with Gasteiger partial charge in [-0.05, 0) is 17.5 Å². The topological polar surface area (TPSA) is 83.8 Å². The zero-order chi connectivity index (χ0) is 13.9. The van der Waals surface area contributed by atoms with E-state index in [1.54, 1.807) is 18.2 Å². The minimum atomic E-state index is -1.61. The van der Waals surface area contributed by atoms with Gasteiger partial charge in [-0.15, -0.1) is 0 Å². The van der Waals surface area contributed by atoms with E-state index >= 15 is 0 Å². The first-order valence-electron chi connectivity index (χ1n) is 5.52. The number of rotatable bonds is 5. The van der Waals surface area contributed by atoms with Gasteiger partial charge < -0.3 is 14.9 Å². The fourth-order valence-electron chi connectivity index (χ4n) is 1.71. The Labute approximate surface area is 105 Å². The maximum Gasteiger partial charge on any atom is 0.322 e. The molecule has 0 radical (unpaired) electrons. The number of ether oxygens (including phenoxy) is 1. The number of hydrogen-bond acceptors (Lipinski definition) is 3. The third-order valence-corrected chi connectivity index (χ3v) is 2.73. The summed E-state index contributed by atoms with van der Waals surface area (Å²) in [5.74, 6) is -3.96. The van der Waals surface area contributed by atoms with Crippen molar-refractivity contribution in [1.29, 1.82) is 0 Å². The van der Waals surface area contributed by atoms with E-state index in [4.69, 9.17) is 14.9 Å². The number of carbonyl (C=O) groups is 2. The minimum absolute atomic E-state index is 0.170. The molecule has 0 heterocycles. The normalized spacial score (nSPS) is 10.7. The molecule has 0 fully saturated rings. The van der Waals surface area contributed by atoms with Gasteiger partial charge >= 0.3 is 11.9 Å². The van der Waals surface area contributed by atoms with Crippen molar-refractivity contribution < 1.29 is 24.5 Å². The molecular formula is C13H16O5. The smallest absolute Gasteiger partial charge is 0.322 e. The Morgan fingerprint density at radius 1 is 1.17 bits per heavy atom. The molecule has 18 heavy (non-hydrogen) atoms. The SMILES string of the molecule is COc1ccc(C(C)C)cc1C(C(=O)O)C(=O)O. The summed E-state index contributed by atoms with van der Waals surface area (Å²) in [4.78, 5) is 22.1. The van der Waals surface area contributed by atoms with Gasteiger partial charge in [0.2, 0.25) is 0 Å². The quantitative estimate of drug-likeness (QED) is 0.784. The van der Waals surface area contributed by atoms with Crippen LogP contribution in [-0.2, 0) is 9.59 Å². The van der Waals surface area contributed by atoms with Crippen molar-refractivity contribution in [3.05, 3.63) is 29.3 Å². The zero-order valence-corrected chi connectivity index (χ0v) is 10.5. The van der Waals surface area contributed by atoms with Crippen LogP contribution in [0.15, 0.2) is 18.2 Å². The number of carboxylic acid groups (broad SMARTS) is 2. The predicted octanol–water partition coefficient (Wildman–Crippen LogP) is 2.07. The molecule has 0 unspecified atom stereocenters. The minimum Gasteiger partial charge on any atom is -0.496 e. The van der Waals surface area contributed by atoms with Crippen LogP contribution in [-0.4, -0.2) is 29.3 Å². The van der Waals surface area contributed by atoms with E-state index < -0.39 is 17.9 Å². The Balaban J connectivity index is 3.38. The van der Waals surface area contributed by atoms with Crippen molar-refractivity contribution in [2.75, 3.05) is 7.11 Å². The van der Waals surface area contributed by atoms with Crippen LogP contribution >= 0.6 is 0 Å². The van der Waals surface area contributed by atoms with E-state index in [-0.39, 0.29) is 17.2 Å². The lowest BCUT2D eigenvalue weighted by atomic mass is 9.93. The van der Waals surface area contributed by atoms with Gasteiger partial charge in [-0.2, -0.15) is 0 Å². The molecule has 1 aromatic rings. The van der Waals surface area contributed by atoms with Crippen LogP contribution in [0.5, 0.6) is 5.75 Å². The van der Waals surface area contributed by atoms with E-state index in [9.17, 15) is 9.59 Å². The van der Waals surface area contributed by atoms with Gasteiger partial charge in [0.05, 0.1) is 7.11 Å². The second-order valence-corrected chi connectivity index (χ2v) is 4.27. The Bertz CT molecular complexity index is 450. The van der Waals surface area contributed by atoms with Crippen molar-refractivity contribution in [1.82, 2.24) is 0 Å². The maximum atomic E-state index is 11.1.